The highest BCUT2D eigenvalue weighted by molar-refractivity contribution is 5.66. The highest BCUT2D eigenvalue weighted by atomic mass is 16.6. The standard InChI is InChI=1S/C29H50O3/c1-18(2)8-7-9-19(3)23-12-13-24-22-11-10-21-16-26(31)27(32-20(4)30)17-29(21,6)25(22)14-15-28(23,24)5/h18-19,21-27,31H,7-17H2,1-6H3/t19-,21+,22+,23-,24+,25+,26-,27+,28-,29+/m1/s1. The lowest BCUT2D eigenvalue weighted by atomic mass is 9.44. The van der Waals surface area contributed by atoms with Gasteiger partial charge < -0.3 is 9.84 Å². The van der Waals surface area contributed by atoms with Crippen molar-refractivity contribution in [1.29, 1.82) is 0 Å². The molecule has 0 aromatic rings. The van der Waals surface area contributed by atoms with E-state index in [-0.39, 0.29) is 17.5 Å². The third kappa shape index (κ3) is 4.29. The van der Waals surface area contributed by atoms with Crippen molar-refractivity contribution < 1.29 is 14.6 Å². The van der Waals surface area contributed by atoms with E-state index in [2.05, 4.69) is 34.6 Å². The normalized spacial score (nSPS) is 46.8. The molecule has 0 saturated heterocycles. The first-order chi connectivity index (χ1) is 15.1. The number of fused-ring (bicyclic) bond motifs is 5. The fourth-order valence-corrected chi connectivity index (χ4v) is 9.61. The van der Waals surface area contributed by atoms with Crippen molar-refractivity contribution in [2.24, 2.45) is 52.3 Å². The molecule has 4 rings (SSSR count). The first kappa shape index (κ1) is 24.6. The number of hydrogen-bond acceptors (Lipinski definition) is 3. The molecule has 0 aromatic heterocycles. The lowest BCUT2D eigenvalue weighted by molar-refractivity contribution is -0.183. The Hall–Kier alpha value is -0.570. The van der Waals surface area contributed by atoms with E-state index in [1.165, 1.54) is 64.7 Å². The van der Waals surface area contributed by atoms with Crippen molar-refractivity contribution in [3.63, 3.8) is 0 Å². The van der Waals surface area contributed by atoms with E-state index in [0.717, 1.165) is 48.3 Å². The van der Waals surface area contributed by atoms with Gasteiger partial charge in [-0.2, -0.15) is 0 Å². The highest BCUT2D eigenvalue weighted by Crippen LogP contribution is 2.68. The van der Waals surface area contributed by atoms with Crippen LogP contribution < -0.4 is 0 Å². The van der Waals surface area contributed by atoms with Gasteiger partial charge in [-0.05, 0) is 104 Å². The molecule has 32 heavy (non-hydrogen) atoms. The lowest BCUT2D eigenvalue weighted by Crippen LogP contribution is -2.57. The van der Waals surface area contributed by atoms with Gasteiger partial charge in [0.15, 0.2) is 0 Å². The van der Waals surface area contributed by atoms with Crippen LogP contribution in [0.15, 0.2) is 0 Å². The summed E-state index contributed by atoms with van der Waals surface area (Å²) in [5.74, 6) is 5.35. The molecule has 4 saturated carbocycles. The Balaban J connectivity index is 1.48. The third-order valence-electron chi connectivity index (χ3n) is 11.2. The van der Waals surface area contributed by atoms with E-state index in [0.29, 0.717) is 11.3 Å². The Kier molecular flexibility index (Phi) is 7.08. The molecule has 4 aliphatic rings. The Labute approximate surface area is 197 Å². The maximum Gasteiger partial charge on any atom is 0.302 e. The average molecular weight is 447 g/mol. The minimum Gasteiger partial charge on any atom is -0.460 e. The minimum atomic E-state index is -0.482. The molecule has 4 fully saturated rings. The van der Waals surface area contributed by atoms with Crippen molar-refractivity contribution in [2.45, 2.75) is 124 Å². The molecule has 10 atom stereocenters. The second-order valence-corrected chi connectivity index (χ2v) is 13.3. The summed E-state index contributed by atoms with van der Waals surface area (Å²) in [6.45, 7) is 13.9. The van der Waals surface area contributed by atoms with Crippen molar-refractivity contribution >= 4 is 5.97 Å². The highest BCUT2D eigenvalue weighted by Gasteiger charge is 2.61. The summed E-state index contributed by atoms with van der Waals surface area (Å²) in [7, 11) is 0. The molecule has 0 unspecified atom stereocenters. The molecule has 3 heteroatoms. The number of esters is 1. The van der Waals surface area contributed by atoms with Gasteiger partial charge in [0.25, 0.3) is 0 Å². The molecule has 3 nitrogen and oxygen atoms in total. The Morgan fingerprint density at radius 1 is 1.00 bits per heavy atom. The summed E-state index contributed by atoms with van der Waals surface area (Å²) < 4.78 is 5.62. The summed E-state index contributed by atoms with van der Waals surface area (Å²) in [5, 5.41) is 10.7. The summed E-state index contributed by atoms with van der Waals surface area (Å²) >= 11 is 0. The van der Waals surface area contributed by atoms with Crippen LogP contribution in [-0.4, -0.2) is 23.3 Å². The van der Waals surface area contributed by atoms with Gasteiger partial charge in [-0.15, -0.1) is 0 Å². The smallest absolute Gasteiger partial charge is 0.302 e. The molecule has 0 amide bonds. The van der Waals surface area contributed by atoms with Gasteiger partial charge >= 0.3 is 5.97 Å². The first-order valence-corrected chi connectivity index (χ1v) is 13.9. The molecule has 0 aromatic carbocycles. The summed E-state index contributed by atoms with van der Waals surface area (Å²) in [5.41, 5.74) is 0.732. The summed E-state index contributed by atoms with van der Waals surface area (Å²) in [6.07, 6.45) is 13.2. The molecule has 0 radical (unpaired) electrons. The van der Waals surface area contributed by atoms with Gasteiger partial charge in [-0.25, -0.2) is 0 Å². The zero-order valence-electron chi connectivity index (χ0n) is 21.7. The number of rotatable bonds is 6. The van der Waals surface area contributed by atoms with Crippen LogP contribution in [0.4, 0.5) is 0 Å². The van der Waals surface area contributed by atoms with E-state index in [1.807, 2.05) is 0 Å². The van der Waals surface area contributed by atoms with E-state index in [4.69, 9.17) is 4.74 Å². The molecular formula is C29H50O3. The topological polar surface area (TPSA) is 46.5 Å². The lowest BCUT2D eigenvalue weighted by Gasteiger charge is -2.62. The molecule has 0 spiro atoms. The monoisotopic (exact) mass is 446 g/mol. The van der Waals surface area contributed by atoms with Crippen LogP contribution in [0.3, 0.4) is 0 Å². The average Bonchev–Trinajstić information content (AvgIpc) is 3.05. The van der Waals surface area contributed by atoms with Crippen LogP contribution in [0, 0.1) is 52.3 Å². The fourth-order valence-electron chi connectivity index (χ4n) is 9.61. The van der Waals surface area contributed by atoms with Crippen molar-refractivity contribution in [1.82, 2.24) is 0 Å². The van der Waals surface area contributed by atoms with Gasteiger partial charge in [0.2, 0.25) is 0 Å². The van der Waals surface area contributed by atoms with Gasteiger partial charge in [0.05, 0.1) is 6.10 Å². The predicted octanol–water partition coefficient (Wildman–Crippen LogP) is 7.01. The van der Waals surface area contributed by atoms with E-state index in [9.17, 15) is 9.90 Å². The van der Waals surface area contributed by atoms with Crippen LogP contribution in [0.2, 0.25) is 0 Å². The van der Waals surface area contributed by atoms with Crippen LogP contribution >= 0.6 is 0 Å². The Bertz CT molecular complexity index is 673. The second-order valence-electron chi connectivity index (χ2n) is 13.3. The zero-order chi connectivity index (χ0) is 23.3. The van der Waals surface area contributed by atoms with E-state index in [1.54, 1.807) is 0 Å². The molecule has 0 aliphatic heterocycles. The number of hydrogen-bond donors (Lipinski definition) is 1. The van der Waals surface area contributed by atoms with E-state index >= 15 is 0 Å². The predicted molar refractivity (Wildman–Crippen MR) is 130 cm³/mol. The van der Waals surface area contributed by atoms with Crippen LogP contribution in [0.25, 0.3) is 0 Å². The molecule has 184 valence electrons. The number of ether oxygens (including phenoxy) is 1. The molecule has 0 heterocycles. The molecule has 0 bridgehead atoms. The van der Waals surface area contributed by atoms with Crippen molar-refractivity contribution in [3.8, 4) is 0 Å². The maximum atomic E-state index is 11.7. The van der Waals surface area contributed by atoms with E-state index < -0.39 is 6.10 Å². The maximum absolute atomic E-state index is 11.7. The number of aliphatic hydroxyl groups is 1. The Morgan fingerprint density at radius 3 is 2.41 bits per heavy atom. The fraction of sp³-hybridized carbons (Fsp3) is 0.966. The van der Waals surface area contributed by atoms with Crippen molar-refractivity contribution in [2.75, 3.05) is 0 Å². The largest absolute Gasteiger partial charge is 0.460 e. The van der Waals surface area contributed by atoms with Crippen molar-refractivity contribution in [3.05, 3.63) is 0 Å². The van der Waals surface area contributed by atoms with Crippen LogP contribution in [0.1, 0.15) is 112 Å². The van der Waals surface area contributed by atoms with Gasteiger partial charge in [0, 0.05) is 6.92 Å². The molecule has 4 aliphatic carbocycles. The Morgan fingerprint density at radius 2 is 1.72 bits per heavy atom. The van der Waals surface area contributed by atoms with Crippen LogP contribution in [-0.2, 0) is 9.53 Å². The minimum absolute atomic E-state index is 0.213. The first-order valence-electron chi connectivity index (χ1n) is 13.9. The van der Waals surface area contributed by atoms with Crippen LogP contribution in [0.5, 0.6) is 0 Å². The van der Waals surface area contributed by atoms with Gasteiger partial charge in [0.1, 0.15) is 6.10 Å². The summed E-state index contributed by atoms with van der Waals surface area (Å²) in [4.78, 5) is 11.7. The number of carbonyl (C=O) groups is 1. The zero-order valence-corrected chi connectivity index (χ0v) is 21.7. The SMILES string of the molecule is CC(=O)O[C@H]1C[C@@]2(C)[C@@H](CC[C@@H]3[C@@H]2CC[C@]2(C)[C@@H]([C@H](C)CCCC(C)C)CC[C@@H]32)C[C@H]1O. The quantitative estimate of drug-likeness (QED) is 0.446. The number of aliphatic hydroxyl groups excluding tert-OH is 1. The number of carbonyl (C=O) groups excluding carboxylic acids is 1. The van der Waals surface area contributed by atoms with Gasteiger partial charge in [-0.1, -0.05) is 53.9 Å². The molecular weight excluding hydrogens is 396 g/mol. The molecule has 1 N–H and O–H groups in total. The van der Waals surface area contributed by atoms with Gasteiger partial charge in [-0.3, -0.25) is 4.79 Å². The third-order valence-corrected chi connectivity index (χ3v) is 11.2. The summed E-state index contributed by atoms with van der Waals surface area (Å²) in [6, 6.07) is 0. The second kappa shape index (κ2) is 9.23.